The summed E-state index contributed by atoms with van der Waals surface area (Å²) < 4.78 is 35.1. The molecule has 1 atom stereocenters. The number of hydrogen-bond acceptors (Lipinski definition) is 5. The lowest BCUT2D eigenvalue weighted by Gasteiger charge is -2.33. The highest BCUT2D eigenvalue weighted by Crippen LogP contribution is 2.30. The van der Waals surface area contributed by atoms with Crippen molar-refractivity contribution in [2.24, 2.45) is 5.92 Å². The van der Waals surface area contributed by atoms with E-state index in [0.29, 0.717) is 33.7 Å². The Morgan fingerprint density at radius 1 is 0.804 bits per heavy atom. The second kappa shape index (κ2) is 16.0. The first kappa shape index (κ1) is 34.8. The molecular formula is C35H37Cl2N3O5S. The van der Waals surface area contributed by atoms with Crippen LogP contribution in [0.2, 0.25) is 10.0 Å². The summed E-state index contributed by atoms with van der Waals surface area (Å²) in [4.78, 5) is 29.1. The highest BCUT2D eigenvalue weighted by atomic mass is 35.5. The van der Waals surface area contributed by atoms with Gasteiger partial charge in [0, 0.05) is 28.7 Å². The minimum Gasteiger partial charge on any atom is -0.457 e. The Kier molecular flexibility index (Phi) is 12.1. The van der Waals surface area contributed by atoms with E-state index >= 15 is 0 Å². The largest absolute Gasteiger partial charge is 0.457 e. The number of rotatable bonds is 14. The SMILES string of the molecule is CC[C@@H](C(=O)NCC(C)C)N(Cc1c(Cl)cccc1Cl)C(=O)CN(c1ccc(Oc2ccccc2)cc1)S(=O)(=O)c1ccccc1. The van der Waals surface area contributed by atoms with Crippen molar-refractivity contribution in [2.75, 3.05) is 17.4 Å². The maximum Gasteiger partial charge on any atom is 0.264 e. The minimum atomic E-state index is -4.23. The number of anilines is 1. The molecule has 0 bridgehead atoms. The van der Waals surface area contributed by atoms with Gasteiger partial charge in [0.25, 0.3) is 10.0 Å². The fourth-order valence-electron chi connectivity index (χ4n) is 4.75. The van der Waals surface area contributed by atoms with Crippen molar-refractivity contribution in [3.8, 4) is 11.5 Å². The number of amides is 2. The quantitative estimate of drug-likeness (QED) is 0.148. The van der Waals surface area contributed by atoms with Gasteiger partial charge in [0.2, 0.25) is 11.8 Å². The molecule has 0 saturated heterocycles. The lowest BCUT2D eigenvalue weighted by atomic mass is 10.1. The Morgan fingerprint density at radius 3 is 1.93 bits per heavy atom. The van der Waals surface area contributed by atoms with Gasteiger partial charge in [-0.25, -0.2) is 8.42 Å². The van der Waals surface area contributed by atoms with Crippen molar-refractivity contribution in [3.63, 3.8) is 0 Å². The van der Waals surface area contributed by atoms with E-state index in [1.54, 1.807) is 79.7 Å². The van der Waals surface area contributed by atoms with E-state index in [0.717, 1.165) is 4.31 Å². The summed E-state index contributed by atoms with van der Waals surface area (Å²) in [5, 5.41) is 3.56. The molecule has 242 valence electrons. The third-order valence-corrected chi connectivity index (χ3v) is 9.67. The predicted octanol–water partition coefficient (Wildman–Crippen LogP) is 7.56. The first-order valence-electron chi connectivity index (χ1n) is 14.9. The van der Waals surface area contributed by atoms with Gasteiger partial charge in [0.1, 0.15) is 24.1 Å². The Bertz CT molecular complexity index is 1700. The van der Waals surface area contributed by atoms with Gasteiger partial charge in [0.15, 0.2) is 0 Å². The van der Waals surface area contributed by atoms with Crippen molar-refractivity contribution in [2.45, 2.75) is 44.7 Å². The monoisotopic (exact) mass is 681 g/mol. The molecule has 0 aliphatic heterocycles. The fraction of sp³-hybridized carbons (Fsp3) is 0.257. The van der Waals surface area contributed by atoms with Crippen molar-refractivity contribution in [1.29, 1.82) is 0 Å². The lowest BCUT2D eigenvalue weighted by molar-refractivity contribution is -0.140. The average Bonchev–Trinajstić information content (AvgIpc) is 3.05. The zero-order valence-electron chi connectivity index (χ0n) is 25.9. The van der Waals surface area contributed by atoms with Crippen molar-refractivity contribution in [3.05, 3.63) is 119 Å². The van der Waals surface area contributed by atoms with Crippen LogP contribution in [0.4, 0.5) is 5.69 Å². The van der Waals surface area contributed by atoms with E-state index in [2.05, 4.69) is 5.32 Å². The molecule has 0 aliphatic rings. The highest BCUT2D eigenvalue weighted by Gasteiger charge is 2.34. The van der Waals surface area contributed by atoms with Crippen LogP contribution in [0.25, 0.3) is 0 Å². The number of hydrogen-bond donors (Lipinski definition) is 1. The van der Waals surface area contributed by atoms with E-state index in [-0.39, 0.29) is 35.4 Å². The molecule has 0 radical (unpaired) electrons. The van der Waals surface area contributed by atoms with Crippen LogP contribution in [0.5, 0.6) is 11.5 Å². The van der Waals surface area contributed by atoms with Crippen LogP contribution in [-0.2, 0) is 26.2 Å². The summed E-state index contributed by atoms with van der Waals surface area (Å²) >= 11 is 13.0. The fourth-order valence-corrected chi connectivity index (χ4v) is 6.70. The number of carbonyl (C=O) groups is 2. The molecule has 1 N–H and O–H groups in total. The zero-order valence-corrected chi connectivity index (χ0v) is 28.2. The molecule has 46 heavy (non-hydrogen) atoms. The molecule has 4 aromatic rings. The van der Waals surface area contributed by atoms with Crippen LogP contribution in [-0.4, -0.2) is 44.3 Å². The summed E-state index contributed by atoms with van der Waals surface area (Å²) in [7, 11) is -4.23. The van der Waals surface area contributed by atoms with E-state index in [1.807, 2.05) is 32.0 Å². The Morgan fingerprint density at radius 2 is 1.37 bits per heavy atom. The standard InChI is InChI=1S/C35H37Cl2N3O5S/c1-4-33(35(42)38-22-25(2)3)39(23-30-31(36)16-11-17-32(30)37)34(41)24-40(46(43,44)29-14-9-6-10-15-29)26-18-20-28(21-19-26)45-27-12-7-5-8-13-27/h5-21,25,33H,4,22-24H2,1-3H3,(H,38,42)/t33-/m0/s1. The lowest BCUT2D eigenvalue weighted by Crippen LogP contribution is -2.52. The summed E-state index contributed by atoms with van der Waals surface area (Å²) in [6, 6.07) is 27.5. The smallest absolute Gasteiger partial charge is 0.264 e. The summed E-state index contributed by atoms with van der Waals surface area (Å²) in [5.41, 5.74) is 0.694. The van der Waals surface area contributed by atoms with Gasteiger partial charge in [-0.05, 0) is 73.0 Å². The number of benzene rings is 4. The molecule has 4 aromatic carbocycles. The third-order valence-electron chi connectivity index (χ3n) is 7.17. The molecule has 4 rings (SSSR count). The number of halogens is 2. The molecule has 0 heterocycles. The average molecular weight is 683 g/mol. The number of nitrogens with zero attached hydrogens (tertiary/aromatic N) is 2. The normalized spacial score (nSPS) is 12.0. The number of nitrogens with one attached hydrogen (secondary N) is 1. The van der Waals surface area contributed by atoms with Crippen LogP contribution in [0.15, 0.2) is 108 Å². The Labute approximate surface area is 280 Å². The summed E-state index contributed by atoms with van der Waals surface area (Å²) in [6.45, 7) is 5.45. The van der Waals surface area contributed by atoms with Crippen molar-refractivity contribution < 1.29 is 22.7 Å². The second-order valence-electron chi connectivity index (χ2n) is 11.0. The molecule has 0 aromatic heterocycles. The van der Waals surface area contributed by atoms with E-state index in [4.69, 9.17) is 27.9 Å². The van der Waals surface area contributed by atoms with Crippen LogP contribution in [0.1, 0.15) is 32.8 Å². The van der Waals surface area contributed by atoms with E-state index in [1.165, 1.54) is 17.0 Å². The topological polar surface area (TPSA) is 96.0 Å². The molecule has 0 fully saturated rings. The van der Waals surface area contributed by atoms with Crippen molar-refractivity contribution in [1.82, 2.24) is 10.2 Å². The van der Waals surface area contributed by atoms with Gasteiger partial charge in [0.05, 0.1) is 10.6 Å². The van der Waals surface area contributed by atoms with E-state index < -0.39 is 28.5 Å². The van der Waals surface area contributed by atoms with Crippen LogP contribution in [0.3, 0.4) is 0 Å². The summed E-state index contributed by atoms with van der Waals surface area (Å²) in [6.07, 6.45) is 0.273. The Hall–Kier alpha value is -4.05. The third kappa shape index (κ3) is 8.81. The predicted molar refractivity (Wildman–Crippen MR) is 183 cm³/mol. The van der Waals surface area contributed by atoms with Crippen molar-refractivity contribution >= 4 is 50.7 Å². The molecular weight excluding hydrogens is 645 g/mol. The van der Waals surface area contributed by atoms with Crippen LogP contribution in [0, 0.1) is 5.92 Å². The molecule has 0 aliphatic carbocycles. The first-order chi connectivity index (χ1) is 22.0. The Balaban J connectivity index is 1.73. The highest BCUT2D eigenvalue weighted by molar-refractivity contribution is 7.92. The maximum absolute atomic E-state index is 14.3. The number of carbonyl (C=O) groups excluding carboxylic acids is 2. The van der Waals surface area contributed by atoms with Gasteiger partial charge < -0.3 is 15.0 Å². The van der Waals surface area contributed by atoms with Gasteiger partial charge >= 0.3 is 0 Å². The zero-order chi connectivity index (χ0) is 33.3. The molecule has 2 amide bonds. The van der Waals surface area contributed by atoms with Crippen LogP contribution < -0.4 is 14.4 Å². The summed E-state index contributed by atoms with van der Waals surface area (Å²) in [5.74, 6) is 0.332. The molecule has 0 unspecified atom stereocenters. The van der Waals surface area contributed by atoms with Gasteiger partial charge in [-0.2, -0.15) is 0 Å². The van der Waals surface area contributed by atoms with Gasteiger partial charge in [-0.15, -0.1) is 0 Å². The second-order valence-corrected chi connectivity index (χ2v) is 13.7. The molecule has 11 heteroatoms. The van der Waals surface area contributed by atoms with E-state index in [9.17, 15) is 18.0 Å². The molecule has 8 nitrogen and oxygen atoms in total. The molecule has 0 spiro atoms. The number of ether oxygens (including phenoxy) is 1. The van der Waals surface area contributed by atoms with Gasteiger partial charge in [-0.3, -0.25) is 13.9 Å². The van der Waals surface area contributed by atoms with Crippen LogP contribution >= 0.6 is 23.2 Å². The number of para-hydroxylation sites is 1. The maximum atomic E-state index is 14.3. The first-order valence-corrected chi connectivity index (χ1v) is 17.1. The van der Waals surface area contributed by atoms with Gasteiger partial charge in [-0.1, -0.05) is 86.4 Å². The number of sulfonamides is 1. The minimum absolute atomic E-state index is 0.00910. The molecule has 0 saturated carbocycles.